The second-order valence-electron chi connectivity index (χ2n) is 8.33. The zero-order valence-electron chi connectivity index (χ0n) is 20.5. The van der Waals surface area contributed by atoms with E-state index in [4.69, 9.17) is 25.8 Å². The van der Waals surface area contributed by atoms with Crippen molar-refractivity contribution < 1.29 is 27.0 Å². The number of methoxy groups -OCH3 is 3. The minimum atomic E-state index is -4.18. The standard InChI is InChI=1S/C21H26ClFN8O5S/c1-11(16(34-2)17-24-8-13(22)9-25-17)37(32,33)30-21-29-28-18(12-5-6-14(23)7-12)31(21)15-19(35-3)26-10-27-20(15)36-4/h8-12,14,16H,5-7H2,1-4H3,(H,29,30)/t11?,12-,14-,16?/m1/s1. The van der Waals surface area contributed by atoms with Crippen molar-refractivity contribution in [3.63, 3.8) is 0 Å². The molecule has 1 fully saturated rings. The van der Waals surface area contributed by atoms with Gasteiger partial charge in [-0.3, -0.25) is 9.29 Å². The van der Waals surface area contributed by atoms with Gasteiger partial charge in [0.25, 0.3) is 0 Å². The highest BCUT2D eigenvalue weighted by molar-refractivity contribution is 7.93. The van der Waals surface area contributed by atoms with Gasteiger partial charge in [-0.1, -0.05) is 11.6 Å². The Balaban J connectivity index is 1.78. The first-order valence-electron chi connectivity index (χ1n) is 11.2. The molecule has 1 N–H and O–H groups in total. The first kappa shape index (κ1) is 26.9. The number of hydrogen-bond acceptors (Lipinski definition) is 11. The van der Waals surface area contributed by atoms with E-state index in [9.17, 15) is 12.8 Å². The number of alkyl halides is 1. The molecule has 1 aliphatic rings. The van der Waals surface area contributed by atoms with Crippen molar-refractivity contribution in [1.29, 1.82) is 0 Å². The molecule has 3 aromatic heterocycles. The molecular formula is C21H26ClFN8O5S. The first-order chi connectivity index (χ1) is 17.7. The smallest absolute Gasteiger partial charge is 0.245 e. The Bertz CT molecular complexity index is 1320. The van der Waals surface area contributed by atoms with E-state index in [0.717, 1.165) is 0 Å². The Hall–Kier alpha value is -3.17. The molecule has 13 nitrogen and oxygen atoms in total. The van der Waals surface area contributed by atoms with Crippen LogP contribution >= 0.6 is 11.6 Å². The fourth-order valence-corrected chi connectivity index (χ4v) is 5.43. The lowest BCUT2D eigenvalue weighted by molar-refractivity contribution is 0.0950. The van der Waals surface area contributed by atoms with Gasteiger partial charge in [-0.15, -0.1) is 10.2 Å². The van der Waals surface area contributed by atoms with Crippen LogP contribution in [0.15, 0.2) is 18.7 Å². The summed E-state index contributed by atoms with van der Waals surface area (Å²) in [6.07, 6.45) is 2.95. The molecule has 4 atom stereocenters. The normalized spacial score (nSPS) is 19.4. The van der Waals surface area contributed by atoms with E-state index in [1.165, 1.54) is 51.5 Å². The van der Waals surface area contributed by atoms with Crippen LogP contribution in [0.2, 0.25) is 5.02 Å². The van der Waals surface area contributed by atoms with E-state index in [-0.39, 0.29) is 41.6 Å². The molecule has 0 saturated heterocycles. The summed E-state index contributed by atoms with van der Waals surface area (Å²) in [4.78, 5) is 16.4. The minimum Gasteiger partial charge on any atom is -0.479 e. The average molecular weight is 557 g/mol. The predicted molar refractivity (Wildman–Crippen MR) is 130 cm³/mol. The molecule has 1 saturated carbocycles. The number of ether oxygens (including phenoxy) is 3. The maximum Gasteiger partial charge on any atom is 0.245 e. The number of aromatic nitrogens is 7. The van der Waals surface area contributed by atoms with Crippen molar-refractivity contribution in [1.82, 2.24) is 34.7 Å². The summed E-state index contributed by atoms with van der Waals surface area (Å²) in [6.45, 7) is 1.44. The van der Waals surface area contributed by atoms with Crippen molar-refractivity contribution >= 4 is 27.6 Å². The molecule has 200 valence electrons. The van der Waals surface area contributed by atoms with Gasteiger partial charge in [-0.05, 0) is 26.2 Å². The zero-order valence-corrected chi connectivity index (χ0v) is 22.1. The molecule has 0 amide bonds. The SMILES string of the molecule is COc1ncnc(OC)c1-n1c(NS(=O)(=O)C(C)C(OC)c2ncc(Cl)cn2)nnc1[C@@H]1CC[C@@H](F)C1. The lowest BCUT2D eigenvalue weighted by atomic mass is 10.1. The van der Waals surface area contributed by atoms with Crippen molar-refractivity contribution in [2.75, 3.05) is 26.1 Å². The molecule has 0 radical (unpaired) electrons. The summed E-state index contributed by atoms with van der Waals surface area (Å²) in [5.74, 6) is 0.110. The molecule has 2 unspecified atom stereocenters. The maximum atomic E-state index is 14.1. The number of sulfonamides is 1. The zero-order chi connectivity index (χ0) is 26.7. The monoisotopic (exact) mass is 556 g/mol. The van der Waals surface area contributed by atoms with Gasteiger partial charge < -0.3 is 14.2 Å². The maximum absolute atomic E-state index is 14.1. The van der Waals surface area contributed by atoms with Crippen LogP contribution in [0, 0.1) is 0 Å². The lowest BCUT2D eigenvalue weighted by Crippen LogP contribution is -2.33. The summed E-state index contributed by atoms with van der Waals surface area (Å²) in [6, 6.07) is 0. The minimum absolute atomic E-state index is 0.0838. The van der Waals surface area contributed by atoms with Gasteiger partial charge in [0.05, 0.1) is 19.2 Å². The molecule has 0 aliphatic heterocycles. The Morgan fingerprint density at radius 2 is 1.73 bits per heavy atom. The number of anilines is 1. The molecule has 16 heteroatoms. The molecule has 4 rings (SSSR count). The summed E-state index contributed by atoms with van der Waals surface area (Å²) < 4.78 is 61.2. The fourth-order valence-electron chi connectivity index (χ4n) is 4.20. The number of nitrogens with one attached hydrogen (secondary N) is 1. The summed E-state index contributed by atoms with van der Waals surface area (Å²) in [7, 11) is -0.0493. The second-order valence-corrected chi connectivity index (χ2v) is 10.8. The summed E-state index contributed by atoms with van der Waals surface area (Å²) in [5.41, 5.74) is 0.171. The molecule has 0 bridgehead atoms. The van der Waals surface area contributed by atoms with Crippen LogP contribution in [-0.4, -0.2) is 75.9 Å². The molecule has 37 heavy (non-hydrogen) atoms. The Labute approximate surface area is 217 Å². The average Bonchev–Trinajstić information content (AvgIpc) is 3.50. The van der Waals surface area contributed by atoms with Crippen molar-refractivity contribution in [3.8, 4) is 17.4 Å². The van der Waals surface area contributed by atoms with Crippen LogP contribution < -0.4 is 14.2 Å². The van der Waals surface area contributed by atoms with E-state index in [1.807, 2.05) is 0 Å². The number of halogens is 2. The molecule has 0 aromatic carbocycles. The molecule has 0 spiro atoms. The first-order valence-corrected chi connectivity index (χ1v) is 13.2. The van der Waals surface area contributed by atoms with Crippen LogP contribution in [0.4, 0.5) is 10.3 Å². The third kappa shape index (κ3) is 5.43. The molecule has 3 heterocycles. The van der Waals surface area contributed by atoms with E-state index in [0.29, 0.717) is 23.7 Å². The molecular weight excluding hydrogens is 531 g/mol. The van der Waals surface area contributed by atoms with Gasteiger partial charge in [0.1, 0.15) is 29.7 Å². The van der Waals surface area contributed by atoms with Crippen LogP contribution in [-0.2, 0) is 14.8 Å². The van der Waals surface area contributed by atoms with Crippen molar-refractivity contribution in [2.24, 2.45) is 0 Å². The van der Waals surface area contributed by atoms with Gasteiger partial charge in [0.15, 0.2) is 11.5 Å². The number of nitrogens with zero attached hydrogens (tertiary/aromatic N) is 7. The number of rotatable bonds is 10. The summed E-state index contributed by atoms with van der Waals surface area (Å²) >= 11 is 5.86. The molecule has 3 aromatic rings. The van der Waals surface area contributed by atoms with Gasteiger partial charge in [-0.25, -0.2) is 22.8 Å². The third-order valence-corrected chi connectivity index (χ3v) is 7.97. The van der Waals surface area contributed by atoms with Crippen LogP contribution in [0.25, 0.3) is 5.69 Å². The van der Waals surface area contributed by atoms with Gasteiger partial charge >= 0.3 is 0 Å². The molecule has 1 aliphatic carbocycles. The second kappa shape index (κ2) is 11.1. The van der Waals surface area contributed by atoms with Gasteiger partial charge in [-0.2, -0.15) is 9.97 Å². The Morgan fingerprint density at radius 1 is 1.08 bits per heavy atom. The summed E-state index contributed by atoms with van der Waals surface area (Å²) in [5, 5.41) is 7.43. The fraction of sp³-hybridized carbons (Fsp3) is 0.524. The topological polar surface area (TPSA) is 156 Å². The van der Waals surface area contributed by atoms with Crippen LogP contribution in [0.1, 0.15) is 49.9 Å². The quantitative estimate of drug-likeness (QED) is 0.391. The van der Waals surface area contributed by atoms with Crippen molar-refractivity contribution in [2.45, 2.75) is 49.6 Å². The van der Waals surface area contributed by atoms with E-state index >= 15 is 0 Å². The van der Waals surface area contributed by atoms with E-state index < -0.39 is 27.5 Å². The number of hydrogen-bond donors (Lipinski definition) is 1. The Kier molecular flexibility index (Phi) is 8.04. The highest BCUT2D eigenvalue weighted by atomic mass is 35.5. The largest absolute Gasteiger partial charge is 0.479 e. The lowest BCUT2D eigenvalue weighted by Gasteiger charge is -2.23. The highest BCUT2D eigenvalue weighted by Gasteiger charge is 2.37. The highest BCUT2D eigenvalue weighted by Crippen LogP contribution is 2.40. The predicted octanol–water partition coefficient (Wildman–Crippen LogP) is 2.64. The third-order valence-electron chi connectivity index (χ3n) is 6.09. The van der Waals surface area contributed by atoms with E-state index in [1.54, 1.807) is 0 Å². The Morgan fingerprint density at radius 3 is 2.27 bits per heavy atom. The van der Waals surface area contributed by atoms with Gasteiger partial charge in [0.2, 0.25) is 27.7 Å². The van der Waals surface area contributed by atoms with Crippen LogP contribution in [0.3, 0.4) is 0 Å². The van der Waals surface area contributed by atoms with E-state index in [2.05, 4.69) is 34.9 Å². The van der Waals surface area contributed by atoms with Crippen LogP contribution in [0.5, 0.6) is 11.8 Å². The van der Waals surface area contributed by atoms with Gasteiger partial charge in [0, 0.05) is 25.4 Å². The van der Waals surface area contributed by atoms with Crippen molar-refractivity contribution in [3.05, 3.63) is 35.4 Å².